The molecule has 86 valence electrons. The number of hydrogen-bond donors (Lipinski definition) is 2. The van der Waals surface area contributed by atoms with Crippen LogP contribution in [-0.2, 0) is 0 Å². The SMILES string of the molecule is CN1CCC2C(N)C3CCCCC3[NH2+]C21. The third-order valence-corrected chi connectivity index (χ3v) is 5.07. The lowest BCUT2D eigenvalue weighted by Gasteiger charge is -2.44. The van der Waals surface area contributed by atoms with Gasteiger partial charge in [-0.25, -0.2) is 0 Å². The monoisotopic (exact) mass is 210 g/mol. The van der Waals surface area contributed by atoms with Crippen LogP contribution in [0.1, 0.15) is 32.1 Å². The highest BCUT2D eigenvalue weighted by Gasteiger charge is 2.50. The summed E-state index contributed by atoms with van der Waals surface area (Å²) in [4.78, 5) is 2.51. The molecule has 1 aliphatic carbocycles. The van der Waals surface area contributed by atoms with Crippen LogP contribution >= 0.6 is 0 Å². The van der Waals surface area contributed by atoms with Gasteiger partial charge in [-0.15, -0.1) is 0 Å². The summed E-state index contributed by atoms with van der Waals surface area (Å²) >= 11 is 0. The lowest BCUT2D eigenvalue weighted by atomic mass is 9.72. The molecule has 3 fully saturated rings. The van der Waals surface area contributed by atoms with Gasteiger partial charge in [0, 0.05) is 24.4 Å². The van der Waals surface area contributed by atoms with E-state index >= 15 is 0 Å². The maximum absolute atomic E-state index is 6.49. The highest BCUT2D eigenvalue weighted by molar-refractivity contribution is 4.95. The fourth-order valence-electron chi connectivity index (χ4n) is 4.19. The standard InChI is InChI=1S/C12H23N3/c1-15-7-6-9-11(13)8-4-2-3-5-10(8)14-12(9)15/h8-12,14H,2-7,13H2,1H3/p+1. The zero-order valence-corrected chi connectivity index (χ0v) is 9.73. The second-order valence-corrected chi connectivity index (χ2v) is 5.81. The van der Waals surface area contributed by atoms with Gasteiger partial charge in [-0.3, -0.25) is 4.90 Å². The molecule has 3 aliphatic rings. The Balaban J connectivity index is 1.80. The highest BCUT2D eigenvalue weighted by Crippen LogP contribution is 2.35. The van der Waals surface area contributed by atoms with E-state index in [1.807, 2.05) is 0 Å². The molecule has 2 heterocycles. The van der Waals surface area contributed by atoms with Crippen LogP contribution in [0.4, 0.5) is 0 Å². The van der Waals surface area contributed by atoms with Crippen LogP contribution in [0.3, 0.4) is 0 Å². The topological polar surface area (TPSA) is 45.9 Å². The average Bonchev–Trinajstić information content (AvgIpc) is 2.62. The van der Waals surface area contributed by atoms with Crippen molar-refractivity contribution in [1.29, 1.82) is 0 Å². The molecule has 0 radical (unpaired) electrons. The van der Waals surface area contributed by atoms with Crippen molar-refractivity contribution in [3.8, 4) is 0 Å². The fraction of sp³-hybridized carbons (Fsp3) is 1.00. The molecule has 3 nitrogen and oxygen atoms in total. The Morgan fingerprint density at radius 1 is 1.13 bits per heavy atom. The molecular formula is C12H24N3+. The summed E-state index contributed by atoms with van der Waals surface area (Å²) in [6.45, 7) is 1.25. The van der Waals surface area contributed by atoms with Crippen molar-refractivity contribution in [2.45, 2.75) is 50.4 Å². The number of nitrogens with two attached hydrogens (primary N) is 2. The number of piperidine rings is 1. The minimum atomic E-state index is 0.482. The van der Waals surface area contributed by atoms with Crippen molar-refractivity contribution in [3.05, 3.63) is 0 Å². The summed E-state index contributed by atoms with van der Waals surface area (Å²) < 4.78 is 0. The summed E-state index contributed by atoms with van der Waals surface area (Å²) in [5.74, 6) is 1.57. The smallest absolute Gasteiger partial charge is 0.146 e. The van der Waals surface area contributed by atoms with Gasteiger partial charge in [-0.1, -0.05) is 6.42 Å². The first-order valence-corrected chi connectivity index (χ1v) is 6.58. The van der Waals surface area contributed by atoms with E-state index in [4.69, 9.17) is 5.73 Å². The lowest BCUT2D eigenvalue weighted by molar-refractivity contribution is -0.759. The second-order valence-electron chi connectivity index (χ2n) is 5.81. The van der Waals surface area contributed by atoms with Crippen molar-refractivity contribution < 1.29 is 5.32 Å². The van der Waals surface area contributed by atoms with Crippen molar-refractivity contribution in [2.24, 2.45) is 17.6 Å². The summed E-state index contributed by atoms with van der Waals surface area (Å²) in [5.41, 5.74) is 6.49. The van der Waals surface area contributed by atoms with E-state index in [2.05, 4.69) is 17.3 Å². The van der Waals surface area contributed by atoms with Crippen molar-refractivity contribution in [1.82, 2.24) is 4.90 Å². The summed E-state index contributed by atoms with van der Waals surface area (Å²) in [6, 6.07) is 1.31. The summed E-state index contributed by atoms with van der Waals surface area (Å²) in [5, 5.41) is 2.64. The Labute approximate surface area is 92.4 Å². The number of likely N-dealkylation sites (tertiary alicyclic amines) is 1. The first-order chi connectivity index (χ1) is 7.27. The second kappa shape index (κ2) is 3.72. The molecule has 2 aliphatic heterocycles. The van der Waals surface area contributed by atoms with Gasteiger partial charge < -0.3 is 11.1 Å². The molecule has 3 heteroatoms. The van der Waals surface area contributed by atoms with Gasteiger partial charge in [-0.05, 0) is 32.7 Å². The van der Waals surface area contributed by atoms with Gasteiger partial charge in [0.25, 0.3) is 0 Å². The normalized spacial score (nSPS) is 51.2. The Morgan fingerprint density at radius 2 is 1.93 bits per heavy atom. The molecule has 15 heavy (non-hydrogen) atoms. The van der Waals surface area contributed by atoms with E-state index in [9.17, 15) is 0 Å². The number of quaternary nitrogens is 1. The largest absolute Gasteiger partial charge is 0.328 e. The van der Waals surface area contributed by atoms with E-state index in [0.717, 1.165) is 17.9 Å². The zero-order valence-electron chi connectivity index (χ0n) is 9.73. The summed E-state index contributed by atoms with van der Waals surface area (Å²) in [7, 11) is 2.26. The fourth-order valence-corrected chi connectivity index (χ4v) is 4.19. The predicted molar refractivity (Wildman–Crippen MR) is 60.2 cm³/mol. The Kier molecular flexibility index (Phi) is 2.49. The predicted octanol–water partition coefficient (Wildman–Crippen LogP) is -0.273. The highest BCUT2D eigenvalue weighted by atomic mass is 15.3. The van der Waals surface area contributed by atoms with E-state index in [1.165, 1.54) is 38.6 Å². The maximum Gasteiger partial charge on any atom is 0.146 e. The number of nitrogens with zero attached hydrogens (tertiary/aromatic N) is 1. The zero-order chi connectivity index (χ0) is 10.4. The number of fused-ring (bicyclic) bond motifs is 2. The maximum atomic E-state index is 6.49. The van der Waals surface area contributed by atoms with Crippen LogP contribution in [-0.4, -0.2) is 36.7 Å². The molecular weight excluding hydrogens is 186 g/mol. The van der Waals surface area contributed by atoms with Crippen molar-refractivity contribution >= 4 is 0 Å². The van der Waals surface area contributed by atoms with Gasteiger partial charge >= 0.3 is 0 Å². The van der Waals surface area contributed by atoms with Gasteiger partial charge in [0.1, 0.15) is 6.17 Å². The quantitative estimate of drug-likeness (QED) is 0.578. The molecule has 5 atom stereocenters. The van der Waals surface area contributed by atoms with Gasteiger partial charge in [0.15, 0.2) is 0 Å². The molecule has 3 rings (SSSR count). The van der Waals surface area contributed by atoms with E-state index in [1.54, 1.807) is 0 Å². The van der Waals surface area contributed by atoms with Crippen LogP contribution in [0, 0.1) is 11.8 Å². The first kappa shape index (κ1) is 10.1. The van der Waals surface area contributed by atoms with Crippen molar-refractivity contribution in [2.75, 3.05) is 13.6 Å². The summed E-state index contributed by atoms with van der Waals surface area (Å²) in [6.07, 6.45) is 7.63. The molecule has 0 aromatic carbocycles. The molecule has 1 saturated carbocycles. The minimum absolute atomic E-state index is 0.482. The Bertz CT molecular complexity index is 239. The van der Waals surface area contributed by atoms with E-state index in [-0.39, 0.29) is 0 Å². The third kappa shape index (κ3) is 1.52. The van der Waals surface area contributed by atoms with Crippen LogP contribution in [0.25, 0.3) is 0 Å². The van der Waals surface area contributed by atoms with Crippen LogP contribution in [0.15, 0.2) is 0 Å². The molecule has 0 bridgehead atoms. The van der Waals surface area contributed by atoms with Crippen LogP contribution < -0.4 is 11.1 Å². The van der Waals surface area contributed by atoms with Crippen LogP contribution in [0.5, 0.6) is 0 Å². The molecule has 5 unspecified atom stereocenters. The lowest BCUT2D eigenvalue weighted by Crippen LogP contribution is -3.02. The third-order valence-electron chi connectivity index (χ3n) is 5.07. The molecule has 0 spiro atoms. The molecule has 4 N–H and O–H groups in total. The molecule has 2 saturated heterocycles. The first-order valence-electron chi connectivity index (χ1n) is 6.58. The number of rotatable bonds is 0. The van der Waals surface area contributed by atoms with Gasteiger partial charge in [0.05, 0.1) is 6.04 Å². The van der Waals surface area contributed by atoms with Crippen molar-refractivity contribution in [3.63, 3.8) is 0 Å². The molecule has 0 amide bonds. The van der Waals surface area contributed by atoms with Crippen LogP contribution in [0.2, 0.25) is 0 Å². The van der Waals surface area contributed by atoms with Gasteiger partial charge in [-0.2, -0.15) is 0 Å². The minimum Gasteiger partial charge on any atom is -0.328 e. The van der Waals surface area contributed by atoms with E-state index < -0.39 is 0 Å². The molecule has 0 aromatic heterocycles. The Hall–Kier alpha value is -0.120. The van der Waals surface area contributed by atoms with E-state index in [0.29, 0.717) is 12.2 Å². The van der Waals surface area contributed by atoms with Gasteiger partial charge in [0.2, 0.25) is 0 Å². The molecule has 0 aromatic rings. The number of hydrogen-bond acceptors (Lipinski definition) is 2. The average molecular weight is 210 g/mol. The Morgan fingerprint density at radius 3 is 2.80 bits per heavy atom.